The number of hydrogen-bond donors (Lipinski definition) is 1. The highest BCUT2D eigenvalue weighted by Gasteiger charge is 2.29. The number of hydrogen-bond acceptors (Lipinski definition) is 3. The van der Waals surface area contributed by atoms with Gasteiger partial charge < -0.3 is 5.73 Å². The van der Waals surface area contributed by atoms with Crippen LogP contribution in [0, 0.1) is 0 Å². The summed E-state index contributed by atoms with van der Waals surface area (Å²) in [6.07, 6.45) is 0.684. The van der Waals surface area contributed by atoms with Crippen LogP contribution in [0.3, 0.4) is 0 Å². The summed E-state index contributed by atoms with van der Waals surface area (Å²) in [5, 5.41) is 7.44. The molecule has 0 unspecified atom stereocenters. The number of anilines is 1. The Morgan fingerprint density at radius 3 is 2.55 bits per heavy atom. The van der Waals surface area contributed by atoms with E-state index in [1.807, 2.05) is 29.3 Å². The molecule has 3 rings (SSSR count). The van der Waals surface area contributed by atoms with Crippen molar-refractivity contribution in [3.8, 4) is 0 Å². The fourth-order valence-corrected chi connectivity index (χ4v) is 2.85. The first-order valence-electron chi connectivity index (χ1n) is 6.27. The van der Waals surface area contributed by atoms with Gasteiger partial charge in [-0.2, -0.15) is 5.10 Å². The van der Waals surface area contributed by atoms with Gasteiger partial charge >= 0.3 is 0 Å². The van der Waals surface area contributed by atoms with Gasteiger partial charge in [-0.1, -0.05) is 53.5 Å². The third-order valence-corrected chi connectivity index (χ3v) is 3.81. The van der Waals surface area contributed by atoms with E-state index in [0.717, 1.165) is 11.3 Å². The molecule has 0 amide bonds. The van der Waals surface area contributed by atoms with Crippen LogP contribution in [0.15, 0.2) is 53.6 Å². The van der Waals surface area contributed by atoms with Crippen LogP contribution in [-0.2, 0) is 0 Å². The normalized spacial score (nSPS) is 18.2. The van der Waals surface area contributed by atoms with Crippen LogP contribution in [-0.4, -0.2) is 5.84 Å². The molecular weight excluding hydrogens is 293 g/mol. The number of nitrogens with two attached hydrogens (primary N) is 1. The maximum atomic E-state index is 6.27. The molecule has 5 heteroatoms. The predicted octanol–water partition coefficient (Wildman–Crippen LogP) is 4.22. The third-order valence-electron chi connectivity index (χ3n) is 3.27. The van der Waals surface area contributed by atoms with E-state index in [1.165, 1.54) is 0 Å². The minimum Gasteiger partial charge on any atom is -0.386 e. The maximum Gasteiger partial charge on any atom is 0.122 e. The van der Waals surface area contributed by atoms with Crippen LogP contribution in [0.2, 0.25) is 10.0 Å². The number of benzene rings is 2. The van der Waals surface area contributed by atoms with Crippen LogP contribution < -0.4 is 10.7 Å². The standard InChI is InChI=1S/C15H13Cl2N3/c16-11-6-7-13(12(17)8-11)20-14(9-15(18)19-20)10-4-2-1-3-5-10/h1-8,14H,9H2,(H2,18,19)/t14-/m1/s1. The Morgan fingerprint density at radius 1 is 1.10 bits per heavy atom. The second kappa shape index (κ2) is 5.35. The Bertz CT molecular complexity index is 655. The van der Waals surface area contributed by atoms with Gasteiger partial charge in [0.2, 0.25) is 0 Å². The molecule has 0 radical (unpaired) electrons. The first-order chi connectivity index (χ1) is 9.65. The Morgan fingerprint density at radius 2 is 1.85 bits per heavy atom. The minimum absolute atomic E-state index is 0.0647. The van der Waals surface area contributed by atoms with E-state index in [4.69, 9.17) is 28.9 Å². The number of rotatable bonds is 2. The van der Waals surface area contributed by atoms with Crippen molar-refractivity contribution in [2.75, 3.05) is 5.01 Å². The van der Waals surface area contributed by atoms with Crippen molar-refractivity contribution < 1.29 is 0 Å². The molecule has 0 bridgehead atoms. The van der Waals surface area contributed by atoms with Gasteiger partial charge in [0.25, 0.3) is 0 Å². The lowest BCUT2D eigenvalue weighted by atomic mass is 10.0. The van der Waals surface area contributed by atoms with Crippen LogP contribution in [0.4, 0.5) is 5.69 Å². The Balaban J connectivity index is 2.01. The van der Waals surface area contributed by atoms with Crippen LogP contribution >= 0.6 is 23.2 Å². The zero-order chi connectivity index (χ0) is 14.1. The van der Waals surface area contributed by atoms with Crippen molar-refractivity contribution in [2.45, 2.75) is 12.5 Å². The summed E-state index contributed by atoms with van der Waals surface area (Å²) in [7, 11) is 0. The molecule has 2 aromatic carbocycles. The van der Waals surface area contributed by atoms with E-state index in [0.29, 0.717) is 22.3 Å². The number of hydrazone groups is 1. The fraction of sp³-hybridized carbons (Fsp3) is 0.133. The largest absolute Gasteiger partial charge is 0.386 e. The monoisotopic (exact) mass is 305 g/mol. The van der Waals surface area contributed by atoms with Gasteiger partial charge in [0.05, 0.1) is 16.8 Å². The zero-order valence-electron chi connectivity index (χ0n) is 10.6. The molecule has 0 fully saturated rings. The SMILES string of the molecule is NC1=NN(c2ccc(Cl)cc2Cl)[C@@H](c2ccccc2)C1. The number of amidine groups is 1. The van der Waals surface area contributed by atoms with Crippen molar-refractivity contribution in [1.29, 1.82) is 0 Å². The van der Waals surface area contributed by atoms with E-state index >= 15 is 0 Å². The molecule has 0 aromatic heterocycles. The molecule has 20 heavy (non-hydrogen) atoms. The Kier molecular flexibility index (Phi) is 3.55. The highest BCUT2D eigenvalue weighted by molar-refractivity contribution is 6.36. The van der Waals surface area contributed by atoms with Crippen molar-refractivity contribution in [2.24, 2.45) is 10.8 Å². The van der Waals surface area contributed by atoms with Crippen molar-refractivity contribution >= 4 is 34.7 Å². The topological polar surface area (TPSA) is 41.6 Å². The quantitative estimate of drug-likeness (QED) is 0.902. The molecule has 0 saturated carbocycles. The molecule has 1 heterocycles. The van der Waals surface area contributed by atoms with E-state index < -0.39 is 0 Å². The summed E-state index contributed by atoms with van der Waals surface area (Å²) in [5.74, 6) is 0.602. The third kappa shape index (κ3) is 2.47. The van der Waals surface area contributed by atoms with E-state index in [-0.39, 0.29) is 6.04 Å². The molecule has 0 saturated heterocycles. The van der Waals surface area contributed by atoms with Crippen molar-refractivity contribution in [3.63, 3.8) is 0 Å². The second-order valence-electron chi connectivity index (χ2n) is 4.66. The summed E-state index contributed by atoms with van der Waals surface area (Å²) in [5.41, 5.74) is 7.88. The first kappa shape index (κ1) is 13.3. The number of nitrogens with zero attached hydrogens (tertiary/aromatic N) is 2. The highest BCUT2D eigenvalue weighted by atomic mass is 35.5. The zero-order valence-corrected chi connectivity index (χ0v) is 12.1. The molecular formula is C15H13Cl2N3. The minimum atomic E-state index is 0.0647. The Labute approximate surface area is 127 Å². The summed E-state index contributed by atoms with van der Waals surface area (Å²) in [4.78, 5) is 0. The van der Waals surface area contributed by atoms with Gasteiger partial charge in [0.15, 0.2) is 0 Å². The number of halogens is 2. The van der Waals surface area contributed by atoms with Gasteiger partial charge in [-0.25, -0.2) is 0 Å². The fourth-order valence-electron chi connectivity index (χ4n) is 2.36. The van der Waals surface area contributed by atoms with Gasteiger partial charge in [-0.3, -0.25) is 5.01 Å². The first-order valence-corrected chi connectivity index (χ1v) is 7.03. The van der Waals surface area contributed by atoms with Gasteiger partial charge in [-0.05, 0) is 23.8 Å². The van der Waals surface area contributed by atoms with Gasteiger partial charge in [-0.15, -0.1) is 0 Å². The summed E-state index contributed by atoms with van der Waals surface area (Å²) in [6.45, 7) is 0. The summed E-state index contributed by atoms with van der Waals surface area (Å²) >= 11 is 12.2. The van der Waals surface area contributed by atoms with Crippen LogP contribution in [0.1, 0.15) is 18.0 Å². The van der Waals surface area contributed by atoms with Crippen LogP contribution in [0.5, 0.6) is 0 Å². The highest BCUT2D eigenvalue weighted by Crippen LogP contribution is 2.38. The van der Waals surface area contributed by atoms with Gasteiger partial charge in [0, 0.05) is 11.4 Å². The van der Waals surface area contributed by atoms with E-state index in [2.05, 4.69) is 17.2 Å². The molecule has 2 N–H and O–H groups in total. The maximum absolute atomic E-state index is 6.27. The second-order valence-corrected chi connectivity index (χ2v) is 5.51. The molecule has 102 valence electrons. The summed E-state index contributed by atoms with van der Waals surface area (Å²) in [6, 6.07) is 15.6. The average molecular weight is 306 g/mol. The smallest absolute Gasteiger partial charge is 0.122 e. The van der Waals surface area contributed by atoms with Crippen LogP contribution in [0.25, 0.3) is 0 Å². The lowest BCUT2D eigenvalue weighted by Gasteiger charge is -2.24. The summed E-state index contributed by atoms with van der Waals surface area (Å²) < 4.78 is 0. The van der Waals surface area contributed by atoms with E-state index in [9.17, 15) is 0 Å². The lowest BCUT2D eigenvalue weighted by molar-refractivity contribution is 0.708. The lowest BCUT2D eigenvalue weighted by Crippen LogP contribution is -2.18. The molecule has 1 aliphatic rings. The molecule has 1 atom stereocenters. The molecule has 3 nitrogen and oxygen atoms in total. The van der Waals surface area contributed by atoms with Crippen molar-refractivity contribution in [1.82, 2.24) is 0 Å². The molecule has 1 aliphatic heterocycles. The Hall–Kier alpha value is -1.71. The van der Waals surface area contributed by atoms with Crippen molar-refractivity contribution in [3.05, 3.63) is 64.1 Å². The van der Waals surface area contributed by atoms with Gasteiger partial charge in [0.1, 0.15) is 5.84 Å². The molecule has 0 spiro atoms. The average Bonchev–Trinajstić information content (AvgIpc) is 2.81. The predicted molar refractivity (Wildman–Crippen MR) is 84.4 cm³/mol. The van der Waals surface area contributed by atoms with E-state index in [1.54, 1.807) is 12.1 Å². The molecule has 2 aromatic rings. The molecule has 0 aliphatic carbocycles.